The molecule has 0 fully saturated rings. The monoisotopic (exact) mass is 474 g/mol. The van der Waals surface area contributed by atoms with E-state index in [-0.39, 0.29) is 0 Å². The molecule has 4 heteroatoms. The molecule has 0 bridgehead atoms. The molecule has 4 aromatic carbocycles. The summed E-state index contributed by atoms with van der Waals surface area (Å²) in [5, 5.41) is 0. The van der Waals surface area contributed by atoms with Crippen LogP contribution < -0.4 is 9.80 Å². The largest absolute Gasteiger partial charge is 0.326 e. The molecule has 0 aliphatic heterocycles. The maximum atomic E-state index is 5.15. The lowest BCUT2D eigenvalue weighted by atomic mass is 10.2. The maximum Gasteiger partial charge on any atom is 0.177 e. The van der Waals surface area contributed by atoms with Gasteiger partial charge in [0.1, 0.15) is 0 Å². The molecule has 4 aromatic rings. The maximum absolute atomic E-state index is 5.15. The SMILES string of the molecule is Cc1ccc(N=C(C(=Nc2ccc(C)cc2)N(C)c2ccc(C)cc2)N(C)c2ccc(C)cc2)cc1. The number of rotatable bonds is 4. The van der Waals surface area contributed by atoms with E-state index in [0.717, 1.165) is 34.4 Å². The highest BCUT2D eigenvalue weighted by atomic mass is 15.3. The minimum Gasteiger partial charge on any atom is -0.326 e. The Labute approximate surface area is 215 Å². The van der Waals surface area contributed by atoms with Crippen molar-refractivity contribution in [2.45, 2.75) is 27.7 Å². The number of anilines is 2. The molecule has 0 atom stereocenters. The van der Waals surface area contributed by atoms with E-state index in [1.54, 1.807) is 0 Å². The fourth-order valence-corrected chi connectivity index (χ4v) is 3.81. The summed E-state index contributed by atoms with van der Waals surface area (Å²) in [6.45, 7) is 8.37. The first kappa shape index (κ1) is 24.9. The topological polar surface area (TPSA) is 31.2 Å². The van der Waals surface area contributed by atoms with Gasteiger partial charge in [0.2, 0.25) is 0 Å². The molecule has 0 aromatic heterocycles. The van der Waals surface area contributed by atoms with E-state index in [2.05, 4.69) is 110 Å². The Hall–Kier alpha value is -4.18. The number of likely N-dealkylation sites (N-methyl/N-ethyl adjacent to an activating group) is 2. The molecule has 4 rings (SSSR count). The fraction of sp³-hybridized carbons (Fsp3) is 0.188. The molecule has 4 nitrogen and oxygen atoms in total. The van der Waals surface area contributed by atoms with Crippen LogP contribution in [0.2, 0.25) is 0 Å². The number of aliphatic imine (C=N–C) groups is 2. The molecule has 0 saturated carbocycles. The van der Waals surface area contributed by atoms with Crippen molar-refractivity contribution in [2.75, 3.05) is 23.9 Å². The summed E-state index contributed by atoms with van der Waals surface area (Å²) in [5.41, 5.74) is 8.68. The Kier molecular flexibility index (Phi) is 7.65. The molecule has 0 spiro atoms. The Bertz CT molecular complexity index is 1240. The zero-order valence-electron chi connectivity index (χ0n) is 22.0. The lowest BCUT2D eigenvalue weighted by Crippen LogP contribution is -2.42. The van der Waals surface area contributed by atoms with E-state index >= 15 is 0 Å². The highest BCUT2D eigenvalue weighted by Crippen LogP contribution is 2.24. The Balaban J connectivity index is 1.91. The highest BCUT2D eigenvalue weighted by Gasteiger charge is 2.22. The molecule has 0 radical (unpaired) electrons. The van der Waals surface area contributed by atoms with Crippen LogP contribution in [-0.4, -0.2) is 25.8 Å². The van der Waals surface area contributed by atoms with Crippen molar-refractivity contribution >= 4 is 34.4 Å². The van der Waals surface area contributed by atoms with Gasteiger partial charge in [-0.25, -0.2) is 9.98 Å². The first-order chi connectivity index (χ1) is 17.3. The van der Waals surface area contributed by atoms with Crippen LogP contribution in [0.4, 0.5) is 22.7 Å². The predicted octanol–water partition coefficient (Wildman–Crippen LogP) is 7.95. The highest BCUT2D eigenvalue weighted by molar-refractivity contribution is 6.50. The van der Waals surface area contributed by atoms with E-state index < -0.39 is 0 Å². The van der Waals surface area contributed by atoms with Gasteiger partial charge in [0, 0.05) is 25.5 Å². The van der Waals surface area contributed by atoms with Gasteiger partial charge in [0.25, 0.3) is 0 Å². The van der Waals surface area contributed by atoms with E-state index in [0.29, 0.717) is 0 Å². The van der Waals surface area contributed by atoms with Gasteiger partial charge in [0.15, 0.2) is 11.7 Å². The van der Waals surface area contributed by atoms with E-state index in [9.17, 15) is 0 Å². The van der Waals surface area contributed by atoms with Crippen molar-refractivity contribution in [3.05, 3.63) is 119 Å². The minimum atomic E-state index is 0.756. The molecule has 0 aliphatic carbocycles. The summed E-state index contributed by atoms with van der Waals surface area (Å²) in [5.74, 6) is 1.51. The van der Waals surface area contributed by atoms with Gasteiger partial charge in [0.05, 0.1) is 11.4 Å². The molecule has 0 heterocycles. The van der Waals surface area contributed by atoms with Gasteiger partial charge >= 0.3 is 0 Å². The standard InChI is InChI=1S/C32H34N4/c1-23-7-15-27(16-8-23)33-31(35(5)29-19-11-25(3)12-20-29)32(34-28-17-9-24(2)10-18-28)36(6)30-21-13-26(4)14-22-30/h7-22H,1-6H3. The number of amidine groups is 2. The third-order valence-electron chi connectivity index (χ3n) is 6.22. The van der Waals surface area contributed by atoms with Crippen LogP contribution in [0, 0.1) is 27.7 Å². The lowest BCUT2D eigenvalue weighted by molar-refractivity contribution is 1.21. The molecule has 182 valence electrons. The second-order valence-corrected chi connectivity index (χ2v) is 9.33. The average molecular weight is 475 g/mol. The summed E-state index contributed by atoms with van der Waals surface area (Å²) in [7, 11) is 4.09. The predicted molar refractivity (Wildman–Crippen MR) is 156 cm³/mol. The molecule has 0 N–H and O–H groups in total. The third-order valence-corrected chi connectivity index (χ3v) is 6.22. The first-order valence-corrected chi connectivity index (χ1v) is 12.2. The fourth-order valence-electron chi connectivity index (χ4n) is 3.81. The van der Waals surface area contributed by atoms with Crippen LogP contribution in [0.3, 0.4) is 0 Å². The number of aryl methyl sites for hydroxylation is 4. The van der Waals surface area contributed by atoms with Crippen molar-refractivity contribution in [1.82, 2.24) is 0 Å². The van der Waals surface area contributed by atoms with Gasteiger partial charge in [-0.15, -0.1) is 0 Å². The molecule has 0 aliphatic rings. The molecule has 0 amide bonds. The zero-order chi connectivity index (χ0) is 25.7. The van der Waals surface area contributed by atoms with Crippen molar-refractivity contribution < 1.29 is 0 Å². The van der Waals surface area contributed by atoms with E-state index in [1.165, 1.54) is 22.3 Å². The van der Waals surface area contributed by atoms with Gasteiger partial charge in [-0.05, 0) is 76.2 Å². The van der Waals surface area contributed by atoms with Crippen molar-refractivity contribution in [2.24, 2.45) is 9.98 Å². The summed E-state index contributed by atoms with van der Waals surface area (Å²) >= 11 is 0. The Morgan fingerprint density at radius 2 is 0.667 bits per heavy atom. The quantitative estimate of drug-likeness (QED) is 0.222. The summed E-state index contributed by atoms with van der Waals surface area (Å²) < 4.78 is 0. The van der Waals surface area contributed by atoms with Gasteiger partial charge in [-0.2, -0.15) is 0 Å². The van der Waals surface area contributed by atoms with Crippen LogP contribution in [0.5, 0.6) is 0 Å². The molecular weight excluding hydrogens is 440 g/mol. The first-order valence-electron chi connectivity index (χ1n) is 12.2. The molecule has 0 saturated heterocycles. The Morgan fingerprint density at radius 1 is 0.417 bits per heavy atom. The summed E-state index contributed by atoms with van der Waals surface area (Å²) in [6, 6.07) is 33.5. The van der Waals surface area contributed by atoms with Gasteiger partial charge in [-0.1, -0.05) is 70.8 Å². The summed E-state index contributed by atoms with van der Waals surface area (Å²) in [6.07, 6.45) is 0. The smallest absolute Gasteiger partial charge is 0.177 e. The van der Waals surface area contributed by atoms with Crippen molar-refractivity contribution in [1.29, 1.82) is 0 Å². The van der Waals surface area contributed by atoms with Crippen LogP contribution in [-0.2, 0) is 0 Å². The van der Waals surface area contributed by atoms with E-state index in [1.807, 2.05) is 38.4 Å². The molecular formula is C32H34N4. The summed E-state index contributed by atoms with van der Waals surface area (Å²) in [4.78, 5) is 14.5. The van der Waals surface area contributed by atoms with Crippen molar-refractivity contribution in [3.63, 3.8) is 0 Å². The third kappa shape index (κ3) is 6.08. The van der Waals surface area contributed by atoms with Crippen LogP contribution in [0.15, 0.2) is 107 Å². The normalized spacial score (nSPS) is 11.9. The van der Waals surface area contributed by atoms with Crippen LogP contribution >= 0.6 is 0 Å². The number of benzene rings is 4. The van der Waals surface area contributed by atoms with Crippen LogP contribution in [0.25, 0.3) is 0 Å². The lowest BCUT2D eigenvalue weighted by Gasteiger charge is -2.29. The van der Waals surface area contributed by atoms with Gasteiger partial charge in [-0.3, -0.25) is 0 Å². The second kappa shape index (κ2) is 11.0. The molecule has 36 heavy (non-hydrogen) atoms. The van der Waals surface area contributed by atoms with Gasteiger partial charge < -0.3 is 9.80 Å². The minimum absolute atomic E-state index is 0.756. The molecule has 0 unspecified atom stereocenters. The number of nitrogens with zero attached hydrogens (tertiary/aromatic N) is 4. The average Bonchev–Trinajstić information content (AvgIpc) is 2.88. The van der Waals surface area contributed by atoms with Crippen LogP contribution in [0.1, 0.15) is 22.3 Å². The number of hydrogen-bond donors (Lipinski definition) is 0. The van der Waals surface area contributed by atoms with E-state index in [4.69, 9.17) is 9.98 Å². The Morgan fingerprint density at radius 3 is 0.944 bits per heavy atom. The van der Waals surface area contributed by atoms with Crippen molar-refractivity contribution in [3.8, 4) is 0 Å². The second-order valence-electron chi connectivity index (χ2n) is 9.33. The number of hydrogen-bond acceptors (Lipinski definition) is 2. The zero-order valence-corrected chi connectivity index (χ0v) is 22.0.